The number of ketones is 2. The van der Waals surface area contributed by atoms with E-state index in [1.807, 2.05) is 6.92 Å². The number of ether oxygens (including phenoxy) is 3. The molecule has 1 saturated heterocycles. The normalized spacial score (nSPS) is 27.8. The fourth-order valence-corrected chi connectivity index (χ4v) is 6.31. The van der Waals surface area contributed by atoms with Crippen LogP contribution in [0.1, 0.15) is 102 Å². The van der Waals surface area contributed by atoms with E-state index in [2.05, 4.69) is 10.5 Å². The van der Waals surface area contributed by atoms with E-state index in [0.29, 0.717) is 6.42 Å². The van der Waals surface area contributed by atoms with Crippen LogP contribution >= 0.6 is 0 Å². The van der Waals surface area contributed by atoms with E-state index >= 15 is 0 Å². The molecular formula is C32H39N3O10. The monoisotopic (exact) mass is 625 g/mol. The number of hydrogen-bond acceptors (Lipinski definition) is 12. The zero-order chi connectivity index (χ0) is 32.8. The van der Waals surface area contributed by atoms with Crippen molar-refractivity contribution in [2.24, 2.45) is 10.8 Å². The molecule has 7 N–H and O–H groups in total. The number of rotatable bonds is 8. The number of unbranched alkanes of at least 4 members (excludes halogenated alkanes) is 1. The molecule has 13 nitrogen and oxygen atoms in total. The zero-order valence-electron chi connectivity index (χ0n) is 25.6. The summed E-state index contributed by atoms with van der Waals surface area (Å²) in [5.74, 6) is -2.84. The van der Waals surface area contributed by atoms with Crippen molar-refractivity contribution >= 4 is 23.2 Å². The second-order valence-electron chi connectivity index (χ2n) is 11.9. The van der Waals surface area contributed by atoms with Crippen molar-refractivity contribution < 1.29 is 49.0 Å². The molecule has 242 valence electrons. The van der Waals surface area contributed by atoms with Gasteiger partial charge in [-0.2, -0.15) is 5.10 Å². The summed E-state index contributed by atoms with van der Waals surface area (Å²) in [4.78, 5) is 39.8. The first kappa shape index (κ1) is 32.5. The molecule has 2 aromatic rings. The predicted octanol–water partition coefficient (Wildman–Crippen LogP) is 2.12. The highest BCUT2D eigenvalue weighted by atomic mass is 16.7. The second kappa shape index (κ2) is 12.5. The minimum Gasteiger partial charge on any atom is -0.507 e. The molecule has 0 bridgehead atoms. The molecule has 1 amide bonds. The van der Waals surface area contributed by atoms with Gasteiger partial charge in [0.1, 0.15) is 22.8 Å². The van der Waals surface area contributed by atoms with Crippen molar-refractivity contribution in [2.45, 2.75) is 95.5 Å². The molecule has 3 aliphatic rings. The van der Waals surface area contributed by atoms with Crippen molar-refractivity contribution in [3.05, 3.63) is 51.6 Å². The van der Waals surface area contributed by atoms with Gasteiger partial charge in [-0.25, -0.2) is 5.43 Å². The van der Waals surface area contributed by atoms with E-state index < -0.39 is 70.4 Å². The number of fused-ring (bicyclic) bond motifs is 3. The van der Waals surface area contributed by atoms with Crippen LogP contribution in [0.5, 0.6) is 17.2 Å². The number of nitrogens with two attached hydrogens (primary N) is 1. The molecule has 13 heteroatoms. The maximum Gasteiger partial charge on any atom is 0.240 e. The van der Waals surface area contributed by atoms with Crippen LogP contribution in [-0.2, 0) is 20.7 Å². The van der Waals surface area contributed by atoms with E-state index in [1.165, 1.54) is 32.2 Å². The first-order chi connectivity index (χ1) is 21.3. The summed E-state index contributed by atoms with van der Waals surface area (Å²) in [6.45, 7) is 5.07. The van der Waals surface area contributed by atoms with Gasteiger partial charge < -0.3 is 40.4 Å². The number of amides is 1. The smallest absolute Gasteiger partial charge is 0.240 e. The van der Waals surface area contributed by atoms with Crippen molar-refractivity contribution in [3.8, 4) is 17.2 Å². The first-order valence-corrected chi connectivity index (χ1v) is 15.0. The molecule has 0 saturated carbocycles. The van der Waals surface area contributed by atoms with Crippen LogP contribution in [0.15, 0.2) is 23.3 Å². The lowest BCUT2D eigenvalue weighted by Crippen LogP contribution is -2.52. The van der Waals surface area contributed by atoms with Gasteiger partial charge in [0.2, 0.25) is 11.7 Å². The Bertz CT molecular complexity index is 1560. The maximum absolute atomic E-state index is 13.8. The number of aromatic hydroxyl groups is 2. The molecule has 1 aliphatic heterocycles. The lowest BCUT2D eigenvalue weighted by molar-refractivity contribution is -0.245. The molecule has 0 aromatic heterocycles. The number of nitrogens with one attached hydrogen (secondary N) is 1. The van der Waals surface area contributed by atoms with Crippen LogP contribution in [-0.4, -0.2) is 80.9 Å². The standard InChI is InChI=1S/C32H39N3O10/c1-5-6-10-21(36)35-34-15(3)32(42)12-17-24(20(13-32)45-22-11-18(33)27(37)14(2)44-22)31(41)26-25(29(17)39)28(38)16-8-7-9-19(43-4)23(16)30(26)40/h7-9,14,18,20,22,27,37,39,41-42H,5-6,10-13,33H2,1-4H3,(H,35,36)/b34-15+/t14-,18-,20+,22+,27+,32+/m0/s1. The lowest BCUT2D eigenvalue weighted by atomic mass is 9.72. The number of carbonyl (C=O) groups excluding carboxylic acids is 3. The molecule has 0 radical (unpaired) electrons. The van der Waals surface area contributed by atoms with Crippen LogP contribution in [0.3, 0.4) is 0 Å². The summed E-state index contributed by atoms with van der Waals surface area (Å²) in [5.41, 5.74) is 5.89. The van der Waals surface area contributed by atoms with E-state index in [0.717, 1.165) is 6.42 Å². The molecule has 5 rings (SSSR count). The van der Waals surface area contributed by atoms with E-state index in [9.17, 15) is 34.8 Å². The van der Waals surface area contributed by atoms with Crippen molar-refractivity contribution in [1.82, 2.24) is 5.43 Å². The number of hydrazone groups is 1. The van der Waals surface area contributed by atoms with Gasteiger partial charge in [-0.3, -0.25) is 14.4 Å². The molecule has 1 fully saturated rings. The van der Waals surface area contributed by atoms with Crippen molar-refractivity contribution in [1.29, 1.82) is 0 Å². The largest absolute Gasteiger partial charge is 0.507 e. The van der Waals surface area contributed by atoms with Gasteiger partial charge >= 0.3 is 0 Å². The lowest BCUT2D eigenvalue weighted by Gasteiger charge is -2.42. The SMILES string of the molecule is CCCCC(=O)N/N=C(\C)[C@@]1(O)Cc2c(O)c3c(c(O)c2[C@H](O[C@@H]2C[C@H](N)[C@H](O)[C@H](C)O2)C1)C(=O)c1c(OC)cccc1C3=O. The predicted molar refractivity (Wildman–Crippen MR) is 160 cm³/mol. The fourth-order valence-electron chi connectivity index (χ4n) is 6.31. The third kappa shape index (κ3) is 5.70. The minimum absolute atomic E-state index is 0.00819. The summed E-state index contributed by atoms with van der Waals surface area (Å²) in [6, 6.07) is 3.78. The fraction of sp³-hybridized carbons (Fsp3) is 0.500. The average Bonchev–Trinajstić information content (AvgIpc) is 3.01. The number of phenolic OH excluding ortho intramolecular Hbond substituents is 2. The quantitative estimate of drug-likeness (QED) is 0.121. The van der Waals surface area contributed by atoms with Gasteiger partial charge in [0, 0.05) is 48.4 Å². The van der Waals surface area contributed by atoms with Crippen molar-refractivity contribution in [3.63, 3.8) is 0 Å². The Balaban J connectivity index is 1.63. The maximum atomic E-state index is 13.8. The molecule has 45 heavy (non-hydrogen) atoms. The molecule has 0 spiro atoms. The van der Waals surface area contributed by atoms with Gasteiger partial charge in [0.25, 0.3) is 0 Å². The van der Waals surface area contributed by atoms with E-state index in [4.69, 9.17) is 19.9 Å². The van der Waals surface area contributed by atoms with Gasteiger partial charge in [-0.05, 0) is 26.3 Å². The summed E-state index contributed by atoms with van der Waals surface area (Å²) >= 11 is 0. The molecule has 1 heterocycles. The summed E-state index contributed by atoms with van der Waals surface area (Å²) in [6.07, 6.45) is -2.65. The van der Waals surface area contributed by atoms with Gasteiger partial charge in [0.05, 0.1) is 47.8 Å². The Morgan fingerprint density at radius 1 is 1.18 bits per heavy atom. The topological polar surface area (TPSA) is 210 Å². The van der Waals surface area contributed by atoms with Gasteiger partial charge in [-0.15, -0.1) is 0 Å². The summed E-state index contributed by atoms with van der Waals surface area (Å²) in [7, 11) is 1.35. The van der Waals surface area contributed by atoms with Gasteiger partial charge in [-0.1, -0.05) is 25.5 Å². The molecule has 0 unspecified atom stereocenters. The zero-order valence-corrected chi connectivity index (χ0v) is 25.6. The molecule has 2 aliphatic carbocycles. The van der Waals surface area contributed by atoms with E-state index in [1.54, 1.807) is 6.92 Å². The highest BCUT2D eigenvalue weighted by Crippen LogP contribution is 2.52. The van der Waals surface area contributed by atoms with E-state index in [-0.39, 0.29) is 65.3 Å². The number of methoxy groups -OCH3 is 1. The average molecular weight is 626 g/mol. The number of carbonyl (C=O) groups is 3. The Labute approximate surface area is 260 Å². The third-order valence-electron chi connectivity index (χ3n) is 8.92. The number of hydrogen-bond donors (Lipinski definition) is 6. The second-order valence-corrected chi connectivity index (χ2v) is 11.9. The minimum atomic E-state index is -1.83. The molecule has 2 aromatic carbocycles. The summed E-state index contributed by atoms with van der Waals surface area (Å²) in [5, 5.41) is 49.7. The Kier molecular flexibility index (Phi) is 9.02. The van der Waals surface area contributed by atoms with Crippen LogP contribution in [0.4, 0.5) is 0 Å². The number of phenols is 2. The van der Waals surface area contributed by atoms with Gasteiger partial charge in [0.15, 0.2) is 12.1 Å². The van der Waals surface area contributed by atoms with Crippen LogP contribution in [0.25, 0.3) is 0 Å². The van der Waals surface area contributed by atoms with Crippen LogP contribution < -0.4 is 15.9 Å². The number of aliphatic hydroxyl groups excluding tert-OH is 1. The van der Waals surface area contributed by atoms with Crippen LogP contribution in [0, 0.1) is 0 Å². The molecule has 6 atom stereocenters. The Hall–Kier alpha value is -3.88. The third-order valence-corrected chi connectivity index (χ3v) is 8.92. The highest BCUT2D eigenvalue weighted by Gasteiger charge is 2.49. The highest BCUT2D eigenvalue weighted by molar-refractivity contribution is 6.31. The number of benzene rings is 2. The number of nitrogens with zero attached hydrogens (tertiary/aromatic N) is 1. The van der Waals surface area contributed by atoms with Crippen molar-refractivity contribution in [2.75, 3.05) is 7.11 Å². The Morgan fingerprint density at radius 2 is 1.89 bits per heavy atom. The summed E-state index contributed by atoms with van der Waals surface area (Å²) < 4.78 is 17.4. The Morgan fingerprint density at radius 3 is 2.56 bits per heavy atom. The number of aliphatic hydroxyl groups is 2. The first-order valence-electron chi connectivity index (χ1n) is 15.0. The molecular weight excluding hydrogens is 586 g/mol. The van der Waals surface area contributed by atoms with Crippen LogP contribution in [0.2, 0.25) is 0 Å².